The van der Waals surface area contributed by atoms with Crippen LogP contribution in [-0.4, -0.2) is 35.7 Å². The van der Waals surface area contributed by atoms with Crippen molar-refractivity contribution in [3.8, 4) is 0 Å². The maximum Gasteiger partial charge on any atom is 0.335 e. The fourth-order valence-corrected chi connectivity index (χ4v) is 5.32. The van der Waals surface area contributed by atoms with Gasteiger partial charge in [-0.2, -0.15) is 0 Å². The number of carboxylic acid groups (broad SMARTS) is 1. The van der Waals surface area contributed by atoms with Crippen molar-refractivity contribution in [1.82, 2.24) is 10.3 Å². The highest BCUT2D eigenvalue weighted by molar-refractivity contribution is 5.88. The van der Waals surface area contributed by atoms with Gasteiger partial charge in [-0.1, -0.05) is 72.8 Å². The Balaban J connectivity index is 0.00000304. The Hall–Kier alpha value is -3.41. The van der Waals surface area contributed by atoms with Gasteiger partial charge in [-0.05, 0) is 59.8 Å². The van der Waals surface area contributed by atoms with E-state index in [-0.39, 0.29) is 24.0 Å². The molecule has 5 nitrogen and oxygen atoms in total. The van der Waals surface area contributed by atoms with E-state index < -0.39 is 5.97 Å². The van der Waals surface area contributed by atoms with Gasteiger partial charge in [0.05, 0.1) is 5.56 Å². The zero-order valence-electron chi connectivity index (χ0n) is 20.4. The fourth-order valence-electron chi connectivity index (χ4n) is 5.32. The zero-order valence-corrected chi connectivity index (χ0v) is 21.2. The average molecular weight is 502 g/mol. The third-order valence-electron chi connectivity index (χ3n) is 7.28. The van der Waals surface area contributed by atoms with Gasteiger partial charge in [-0.15, -0.1) is 12.4 Å². The van der Waals surface area contributed by atoms with Gasteiger partial charge in [-0.3, -0.25) is 0 Å². The van der Waals surface area contributed by atoms with Crippen molar-refractivity contribution in [2.24, 2.45) is 5.92 Å². The highest BCUT2D eigenvalue weighted by atomic mass is 35.5. The Kier molecular flexibility index (Phi) is 8.24. The third kappa shape index (κ3) is 5.53. The Bertz CT molecular complexity index is 1310. The summed E-state index contributed by atoms with van der Waals surface area (Å²) in [7, 11) is 0. The molecule has 0 bridgehead atoms. The molecule has 5 rings (SSSR count). The Labute approximate surface area is 218 Å². The van der Waals surface area contributed by atoms with Crippen molar-refractivity contribution < 1.29 is 9.90 Å². The quantitative estimate of drug-likeness (QED) is 0.310. The number of pyridine rings is 1. The molecule has 0 spiro atoms. The Morgan fingerprint density at radius 3 is 2.61 bits per heavy atom. The van der Waals surface area contributed by atoms with Crippen molar-refractivity contribution in [3.05, 3.63) is 108 Å². The van der Waals surface area contributed by atoms with Gasteiger partial charge in [-0.25, -0.2) is 9.78 Å². The molecule has 6 heteroatoms. The second-order valence-electron chi connectivity index (χ2n) is 9.42. The van der Waals surface area contributed by atoms with E-state index in [0.29, 0.717) is 11.8 Å². The van der Waals surface area contributed by atoms with Gasteiger partial charge in [0.1, 0.15) is 5.82 Å². The number of fused-ring (bicyclic) bond motifs is 1. The zero-order chi connectivity index (χ0) is 24.2. The molecule has 2 N–H and O–H groups in total. The summed E-state index contributed by atoms with van der Waals surface area (Å²) < 4.78 is 0. The number of nitrogens with zero attached hydrogens (tertiary/aromatic N) is 2. The van der Waals surface area contributed by atoms with Gasteiger partial charge in [0, 0.05) is 31.2 Å². The van der Waals surface area contributed by atoms with Crippen LogP contribution in [0.2, 0.25) is 0 Å². The third-order valence-corrected chi connectivity index (χ3v) is 7.28. The lowest BCUT2D eigenvalue weighted by Crippen LogP contribution is -2.43. The average Bonchev–Trinajstić information content (AvgIpc) is 2.92. The molecule has 2 heterocycles. The van der Waals surface area contributed by atoms with E-state index in [1.54, 1.807) is 18.3 Å². The van der Waals surface area contributed by atoms with E-state index >= 15 is 0 Å². The second-order valence-corrected chi connectivity index (χ2v) is 9.42. The molecule has 1 fully saturated rings. The molecular weight excluding hydrogens is 470 g/mol. The summed E-state index contributed by atoms with van der Waals surface area (Å²) in [6, 6.07) is 29.2. The van der Waals surface area contributed by atoms with E-state index in [2.05, 4.69) is 94.9 Å². The number of aromatic carboxylic acids is 1. The van der Waals surface area contributed by atoms with Crippen molar-refractivity contribution in [1.29, 1.82) is 0 Å². The van der Waals surface area contributed by atoms with Crippen LogP contribution in [-0.2, 0) is 0 Å². The SMILES string of the molecule is C[C@@H](NCC1CCN(c2cc(C(=O)O)ccn2)CC1c1ccccc1)c1cccc2ccccc12.Cl. The molecule has 0 amide bonds. The number of carbonyl (C=O) groups is 1. The van der Waals surface area contributed by atoms with Crippen LogP contribution in [0, 0.1) is 5.92 Å². The van der Waals surface area contributed by atoms with Gasteiger partial charge < -0.3 is 15.3 Å². The van der Waals surface area contributed by atoms with Gasteiger partial charge in [0.25, 0.3) is 0 Å². The van der Waals surface area contributed by atoms with E-state index in [1.165, 1.54) is 21.9 Å². The summed E-state index contributed by atoms with van der Waals surface area (Å²) in [6.07, 6.45) is 2.60. The summed E-state index contributed by atoms with van der Waals surface area (Å²) >= 11 is 0. The number of nitrogens with one attached hydrogen (secondary N) is 1. The minimum absolute atomic E-state index is 0. The van der Waals surface area contributed by atoms with Crippen molar-refractivity contribution in [2.45, 2.75) is 25.3 Å². The van der Waals surface area contributed by atoms with Crippen LogP contribution in [0.4, 0.5) is 5.82 Å². The van der Waals surface area contributed by atoms with Crippen LogP contribution in [0.3, 0.4) is 0 Å². The van der Waals surface area contributed by atoms with E-state index in [1.807, 2.05) is 0 Å². The van der Waals surface area contributed by atoms with Crippen LogP contribution in [0.25, 0.3) is 10.8 Å². The molecule has 3 atom stereocenters. The first kappa shape index (κ1) is 25.7. The summed E-state index contributed by atoms with van der Waals surface area (Å²) in [4.78, 5) is 18.2. The van der Waals surface area contributed by atoms with Gasteiger partial charge in [0.15, 0.2) is 0 Å². The van der Waals surface area contributed by atoms with E-state index in [9.17, 15) is 9.90 Å². The maximum absolute atomic E-state index is 11.5. The number of hydrogen-bond acceptors (Lipinski definition) is 4. The Morgan fingerprint density at radius 2 is 1.81 bits per heavy atom. The number of rotatable bonds is 7. The molecule has 2 unspecified atom stereocenters. The summed E-state index contributed by atoms with van der Waals surface area (Å²) in [5, 5.41) is 15.8. The van der Waals surface area contributed by atoms with Crippen molar-refractivity contribution in [2.75, 3.05) is 24.5 Å². The largest absolute Gasteiger partial charge is 0.478 e. The molecule has 1 aliphatic heterocycles. The smallest absolute Gasteiger partial charge is 0.335 e. The van der Waals surface area contributed by atoms with Crippen LogP contribution in [0.1, 0.15) is 46.8 Å². The van der Waals surface area contributed by atoms with Gasteiger partial charge in [0.2, 0.25) is 0 Å². The highest BCUT2D eigenvalue weighted by Crippen LogP contribution is 2.35. The van der Waals surface area contributed by atoms with Gasteiger partial charge >= 0.3 is 5.97 Å². The number of anilines is 1. The number of hydrogen-bond donors (Lipinski definition) is 2. The first-order valence-corrected chi connectivity index (χ1v) is 12.3. The number of halogens is 1. The molecule has 1 aromatic heterocycles. The molecule has 36 heavy (non-hydrogen) atoms. The fraction of sp³-hybridized carbons (Fsp3) is 0.267. The maximum atomic E-state index is 11.5. The first-order valence-electron chi connectivity index (χ1n) is 12.3. The van der Waals surface area contributed by atoms with Crippen molar-refractivity contribution in [3.63, 3.8) is 0 Å². The van der Waals surface area contributed by atoms with Crippen molar-refractivity contribution >= 4 is 35.0 Å². The minimum atomic E-state index is -0.922. The number of benzene rings is 3. The molecule has 186 valence electrons. The van der Waals surface area contributed by atoms with Crippen LogP contribution >= 0.6 is 12.4 Å². The number of piperidine rings is 1. The molecule has 3 aromatic carbocycles. The van der Waals surface area contributed by atoms with Crippen LogP contribution < -0.4 is 10.2 Å². The lowest BCUT2D eigenvalue weighted by Gasteiger charge is -2.40. The first-order chi connectivity index (χ1) is 17.1. The van der Waals surface area contributed by atoms with Crippen LogP contribution in [0.15, 0.2) is 91.1 Å². The molecule has 0 aliphatic carbocycles. The molecular formula is C30H32ClN3O2. The summed E-state index contributed by atoms with van der Waals surface area (Å²) in [6.45, 7) is 4.83. The topological polar surface area (TPSA) is 65.5 Å². The molecule has 0 saturated carbocycles. The number of carboxylic acids is 1. The number of aromatic nitrogens is 1. The standard InChI is InChI=1S/C30H31N3O2.ClH/c1-21(26-13-7-11-22-10-5-6-12-27(22)26)32-19-25-15-17-33(20-28(25)23-8-3-2-4-9-23)29-18-24(30(34)35)14-16-31-29;/h2-14,16,18,21,25,28,32H,15,17,19-20H2,1H3,(H,34,35);1H/t21-,25?,28?;/m1./s1. The predicted molar refractivity (Wildman–Crippen MR) is 148 cm³/mol. The molecule has 1 saturated heterocycles. The molecule has 4 aromatic rings. The minimum Gasteiger partial charge on any atom is -0.478 e. The van der Waals surface area contributed by atoms with E-state index in [4.69, 9.17) is 0 Å². The highest BCUT2D eigenvalue weighted by Gasteiger charge is 2.31. The lowest BCUT2D eigenvalue weighted by molar-refractivity contribution is 0.0696. The second kappa shape index (κ2) is 11.5. The normalized spacial score (nSPS) is 18.4. The lowest BCUT2D eigenvalue weighted by atomic mass is 9.80. The molecule has 0 radical (unpaired) electrons. The van der Waals surface area contributed by atoms with Crippen LogP contribution in [0.5, 0.6) is 0 Å². The Morgan fingerprint density at radius 1 is 1.06 bits per heavy atom. The van der Waals surface area contributed by atoms with E-state index in [0.717, 1.165) is 31.9 Å². The monoisotopic (exact) mass is 501 g/mol. The molecule has 1 aliphatic rings. The predicted octanol–water partition coefficient (Wildman–Crippen LogP) is 6.32. The summed E-state index contributed by atoms with van der Waals surface area (Å²) in [5.74, 6) is 0.609. The summed E-state index contributed by atoms with van der Waals surface area (Å²) in [5.41, 5.74) is 2.92.